The van der Waals surface area contributed by atoms with Crippen molar-refractivity contribution >= 4 is 23.6 Å². The summed E-state index contributed by atoms with van der Waals surface area (Å²) in [5, 5.41) is 5.80. The summed E-state index contributed by atoms with van der Waals surface area (Å²) in [6.07, 6.45) is 0. The summed E-state index contributed by atoms with van der Waals surface area (Å²) in [4.78, 5) is 23.2. The molecule has 0 unspecified atom stereocenters. The molecule has 0 aromatic heterocycles. The van der Waals surface area contributed by atoms with Gasteiger partial charge in [-0.1, -0.05) is 41.5 Å². The fraction of sp³-hybridized carbons (Fsp3) is 0.857. The molecule has 0 aromatic carbocycles. The number of amides is 2. The molecule has 0 saturated carbocycles. The molecule has 0 heterocycles. The second-order valence-electron chi connectivity index (χ2n) is 6.62. The van der Waals surface area contributed by atoms with Crippen molar-refractivity contribution in [2.24, 2.45) is 10.8 Å². The van der Waals surface area contributed by atoms with Crippen LogP contribution in [0.2, 0.25) is 0 Å². The van der Waals surface area contributed by atoms with Crippen molar-refractivity contribution in [2.75, 3.05) is 24.6 Å². The van der Waals surface area contributed by atoms with Crippen LogP contribution in [0.3, 0.4) is 0 Å². The number of hydrogen-bond donors (Lipinski definition) is 2. The van der Waals surface area contributed by atoms with Gasteiger partial charge in [-0.25, -0.2) is 0 Å². The predicted octanol–water partition coefficient (Wildman–Crippen LogP) is 2.04. The van der Waals surface area contributed by atoms with Crippen LogP contribution in [-0.2, 0) is 9.59 Å². The minimum atomic E-state index is -0.328. The first-order valence-electron chi connectivity index (χ1n) is 6.69. The van der Waals surface area contributed by atoms with Crippen molar-refractivity contribution < 1.29 is 9.59 Å². The van der Waals surface area contributed by atoms with Crippen molar-refractivity contribution in [3.05, 3.63) is 0 Å². The fourth-order valence-corrected chi connectivity index (χ4v) is 1.80. The monoisotopic (exact) mass is 288 g/mol. The molecular weight excluding hydrogens is 260 g/mol. The molecule has 0 aliphatic heterocycles. The zero-order valence-corrected chi connectivity index (χ0v) is 13.9. The Morgan fingerprint density at radius 3 is 1.37 bits per heavy atom. The first-order chi connectivity index (χ1) is 8.55. The molecule has 2 amide bonds. The van der Waals surface area contributed by atoms with Crippen LogP contribution >= 0.6 is 11.8 Å². The van der Waals surface area contributed by atoms with Gasteiger partial charge in [0, 0.05) is 35.4 Å². The van der Waals surface area contributed by atoms with Gasteiger partial charge in [-0.15, -0.1) is 0 Å². The second kappa shape index (κ2) is 7.78. The van der Waals surface area contributed by atoms with E-state index < -0.39 is 0 Å². The number of carbonyl (C=O) groups excluding carboxylic acids is 2. The van der Waals surface area contributed by atoms with E-state index in [0.29, 0.717) is 13.1 Å². The number of rotatable bonds is 6. The summed E-state index contributed by atoms with van der Waals surface area (Å²) >= 11 is 1.73. The van der Waals surface area contributed by atoms with Crippen LogP contribution in [0.25, 0.3) is 0 Å². The molecule has 0 bridgehead atoms. The highest BCUT2D eigenvalue weighted by atomic mass is 32.2. The Kier molecular flexibility index (Phi) is 7.49. The minimum Gasteiger partial charge on any atom is -0.355 e. The van der Waals surface area contributed by atoms with E-state index in [2.05, 4.69) is 10.6 Å². The molecule has 5 heteroatoms. The maximum Gasteiger partial charge on any atom is 0.225 e. The highest BCUT2D eigenvalue weighted by Gasteiger charge is 2.21. The normalized spacial score (nSPS) is 12.1. The lowest BCUT2D eigenvalue weighted by atomic mass is 9.96. The van der Waals surface area contributed by atoms with Crippen molar-refractivity contribution in [2.45, 2.75) is 41.5 Å². The molecule has 0 spiro atoms. The van der Waals surface area contributed by atoms with E-state index in [1.54, 1.807) is 11.8 Å². The van der Waals surface area contributed by atoms with Crippen LogP contribution in [-0.4, -0.2) is 36.4 Å². The molecule has 2 N–H and O–H groups in total. The first-order valence-corrected chi connectivity index (χ1v) is 7.85. The van der Waals surface area contributed by atoms with Crippen LogP contribution in [0.4, 0.5) is 0 Å². The van der Waals surface area contributed by atoms with Gasteiger partial charge >= 0.3 is 0 Å². The Balaban J connectivity index is 3.53. The Labute approximate surface area is 121 Å². The van der Waals surface area contributed by atoms with Gasteiger partial charge in [0.05, 0.1) is 0 Å². The first kappa shape index (κ1) is 18.3. The third-order valence-electron chi connectivity index (χ3n) is 2.43. The third kappa shape index (κ3) is 8.92. The van der Waals surface area contributed by atoms with E-state index in [9.17, 15) is 9.59 Å². The molecule has 0 rings (SSSR count). The highest BCUT2D eigenvalue weighted by Crippen LogP contribution is 2.13. The topological polar surface area (TPSA) is 58.2 Å². The number of hydrogen-bond acceptors (Lipinski definition) is 3. The lowest BCUT2D eigenvalue weighted by Gasteiger charge is -2.18. The molecule has 0 aromatic rings. The second-order valence-corrected chi connectivity index (χ2v) is 7.85. The molecule has 0 aliphatic rings. The van der Waals surface area contributed by atoms with Gasteiger partial charge in [-0.05, 0) is 0 Å². The van der Waals surface area contributed by atoms with Crippen molar-refractivity contribution in [1.82, 2.24) is 10.6 Å². The van der Waals surface area contributed by atoms with Crippen LogP contribution in [0, 0.1) is 10.8 Å². The van der Waals surface area contributed by atoms with Crippen molar-refractivity contribution in [3.8, 4) is 0 Å². The number of nitrogens with one attached hydrogen (secondary N) is 2. The molecule has 4 nitrogen and oxygen atoms in total. The molecule has 112 valence electrons. The molecule has 0 fully saturated rings. The summed E-state index contributed by atoms with van der Waals surface area (Å²) < 4.78 is 0. The summed E-state index contributed by atoms with van der Waals surface area (Å²) in [7, 11) is 0. The van der Waals surface area contributed by atoms with Gasteiger partial charge in [0.2, 0.25) is 11.8 Å². The molecular formula is C14H28N2O2S. The lowest BCUT2D eigenvalue weighted by molar-refractivity contribution is -0.129. The van der Waals surface area contributed by atoms with Gasteiger partial charge in [0.15, 0.2) is 0 Å². The lowest BCUT2D eigenvalue weighted by Crippen LogP contribution is -2.37. The molecule has 0 atom stereocenters. The molecule has 0 radical (unpaired) electrons. The zero-order chi connectivity index (χ0) is 15.1. The van der Waals surface area contributed by atoms with Gasteiger partial charge in [-0.2, -0.15) is 11.8 Å². The highest BCUT2D eigenvalue weighted by molar-refractivity contribution is 7.99. The van der Waals surface area contributed by atoms with Crippen LogP contribution < -0.4 is 10.6 Å². The average Bonchev–Trinajstić information content (AvgIpc) is 2.24. The Morgan fingerprint density at radius 1 is 0.789 bits per heavy atom. The zero-order valence-electron chi connectivity index (χ0n) is 13.1. The quantitative estimate of drug-likeness (QED) is 0.735. The van der Waals surface area contributed by atoms with E-state index in [1.807, 2.05) is 41.5 Å². The Morgan fingerprint density at radius 2 is 1.11 bits per heavy atom. The summed E-state index contributed by atoms with van der Waals surface area (Å²) in [5.74, 6) is 1.89. The van der Waals surface area contributed by atoms with Gasteiger partial charge in [0.1, 0.15) is 0 Å². The average molecular weight is 288 g/mol. The SMILES string of the molecule is CC(C)(C)C(=O)NCCSCCNC(=O)C(C)(C)C. The standard InChI is InChI=1S/C14H28N2O2S/c1-13(2,3)11(17)15-7-9-19-10-8-16-12(18)14(4,5)6/h7-10H2,1-6H3,(H,15,17)(H,16,18). The van der Waals surface area contributed by atoms with Crippen LogP contribution in [0.5, 0.6) is 0 Å². The van der Waals surface area contributed by atoms with Gasteiger partial charge in [0.25, 0.3) is 0 Å². The maximum absolute atomic E-state index is 11.6. The Hall–Kier alpha value is -0.710. The van der Waals surface area contributed by atoms with E-state index in [0.717, 1.165) is 11.5 Å². The van der Waals surface area contributed by atoms with Crippen molar-refractivity contribution in [1.29, 1.82) is 0 Å². The predicted molar refractivity (Wildman–Crippen MR) is 82.3 cm³/mol. The summed E-state index contributed by atoms with van der Waals surface area (Å²) in [5.41, 5.74) is -0.656. The van der Waals surface area contributed by atoms with Gasteiger partial charge < -0.3 is 10.6 Å². The maximum atomic E-state index is 11.6. The molecule has 19 heavy (non-hydrogen) atoms. The summed E-state index contributed by atoms with van der Waals surface area (Å²) in [6.45, 7) is 12.8. The van der Waals surface area contributed by atoms with E-state index in [1.165, 1.54) is 0 Å². The molecule has 0 aliphatic carbocycles. The largest absolute Gasteiger partial charge is 0.355 e. The van der Waals surface area contributed by atoms with Crippen LogP contribution in [0.15, 0.2) is 0 Å². The third-order valence-corrected chi connectivity index (χ3v) is 3.41. The minimum absolute atomic E-state index is 0.0779. The summed E-state index contributed by atoms with van der Waals surface area (Å²) in [6, 6.07) is 0. The fourth-order valence-electron chi connectivity index (χ4n) is 1.11. The van der Waals surface area contributed by atoms with Crippen molar-refractivity contribution in [3.63, 3.8) is 0 Å². The van der Waals surface area contributed by atoms with Gasteiger partial charge in [-0.3, -0.25) is 9.59 Å². The van der Waals surface area contributed by atoms with Crippen LogP contribution in [0.1, 0.15) is 41.5 Å². The van der Waals surface area contributed by atoms with E-state index >= 15 is 0 Å². The molecule has 0 saturated heterocycles. The Bertz CT molecular complexity index is 274. The van der Waals surface area contributed by atoms with E-state index in [4.69, 9.17) is 0 Å². The van der Waals surface area contributed by atoms with E-state index in [-0.39, 0.29) is 22.6 Å². The number of thioether (sulfide) groups is 1. The number of carbonyl (C=O) groups is 2. The smallest absolute Gasteiger partial charge is 0.225 e.